The first-order valence-electron chi connectivity index (χ1n) is 9.43. The first kappa shape index (κ1) is 18.3. The van der Waals surface area contributed by atoms with Crippen LogP contribution < -0.4 is 0 Å². The minimum Gasteiger partial charge on any atom is -0.504 e. The predicted molar refractivity (Wildman–Crippen MR) is 104 cm³/mol. The standard InChI is InChI=1S/C23H28O4/c1-12-13(2)18(24)19(25)17-16(12)20(3,4)21(5,6)23(17)15-10-8-7-9-14(15)11-22(23,26)27/h7-10,24-27H,11H2,1-6H3. The summed E-state index contributed by atoms with van der Waals surface area (Å²) in [6.07, 6.45) is 0.0786. The van der Waals surface area contributed by atoms with Crippen molar-refractivity contribution in [2.75, 3.05) is 0 Å². The van der Waals surface area contributed by atoms with Gasteiger partial charge in [-0.3, -0.25) is 0 Å². The summed E-state index contributed by atoms with van der Waals surface area (Å²) in [5, 5.41) is 44.6. The van der Waals surface area contributed by atoms with Crippen molar-refractivity contribution in [3.63, 3.8) is 0 Å². The summed E-state index contributed by atoms with van der Waals surface area (Å²) >= 11 is 0. The highest BCUT2D eigenvalue weighted by molar-refractivity contribution is 5.72. The minimum absolute atomic E-state index is 0.0786. The summed E-state index contributed by atoms with van der Waals surface area (Å²) in [5.74, 6) is -2.51. The molecular formula is C23H28O4. The Bertz CT molecular complexity index is 984. The summed E-state index contributed by atoms with van der Waals surface area (Å²) in [6, 6.07) is 7.60. The molecule has 2 aromatic carbocycles. The van der Waals surface area contributed by atoms with Crippen molar-refractivity contribution < 1.29 is 20.4 Å². The molecule has 0 saturated carbocycles. The molecule has 0 aliphatic heterocycles. The molecule has 4 rings (SSSR count). The molecule has 1 atom stereocenters. The monoisotopic (exact) mass is 368 g/mol. The van der Waals surface area contributed by atoms with Crippen LogP contribution in [0.1, 0.15) is 61.1 Å². The smallest absolute Gasteiger partial charge is 0.181 e. The van der Waals surface area contributed by atoms with Crippen LogP contribution in [-0.2, 0) is 17.3 Å². The van der Waals surface area contributed by atoms with Crippen LogP contribution in [0.15, 0.2) is 24.3 Å². The van der Waals surface area contributed by atoms with E-state index in [1.807, 2.05) is 45.0 Å². The van der Waals surface area contributed by atoms with Crippen LogP contribution in [-0.4, -0.2) is 26.2 Å². The van der Waals surface area contributed by atoms with Gasteiger partial charge in [-0.15, -0.1) is 0 Å². The van der Waals surface area contributed by atoms with E-state index in [0.717, 1.165) is 22.3 Å². The molecule has 27 heavy (non-hydrogen) atoms. The third-order valence-corrected chi connectivity index (χ3v) is 7.96. The van der Waals surface area contributed by atoms with Crippen LogP contribution in [0.25, 0.3) is 0 Å². The average Bonchev–Trinajstić information content (AvgIpc) is 2.90. The SMILES string of the molecule is Cc1c(C)c2c(c(O)c1O)C1(c3ccccc3CC1(O)O)C(C)(C)C2(C)C. The third-order valence-electron chi connectivity index (χ3n) is 7.96. The Labute approximate surface area is 160 Å². The molecular weight excluding hydrogens is 340 g/mol. The van der Waals surface area contributed by atoms with Crippen molar-refractivity contribution >= 4 is 0 Å². The molecule has 2 aliphatic rings. The van der Waals surface area contributed by atoms with Gasteiger partial charge in [-0.25, -0.2) is 0 Å². The van der Waals surface area contributed by atoms with Gasteiger partial charge in [0.2, 0.25) is 0 Å². The van der Waals surface area contributed by atoms with Gasteiger partial charge in [-0.2, -0.15) is 0 Å². The maximum atomic E-state index is 11.4. The Morgan fingerprint density at radius 1 is 0.815 bits per heavy atom. The highest BCUT2D eigenvalue weighted by Crippen LogP contribution is 2.73. The second-order valence-corrected chi connectivity index (χ2v) is 9.35. The maximum absolute atomic E-state index is 11.4. The molecule has 1 unspecified atom stereocenters. The van der Waals surface area contributed by atoms with Gasteiger partial charge in [0.15, 0.2) is 17.3 Å². The fourth-order valence-electron chi connectivity index (χ4n) is 6.03. The molecule has 0 amide bonds. The van der Waals surface area contributed by atoms with E-state index < -0.39 is 22.0 Å². The van der Waals surface area contributed by atoms with Crippen LogP contribution in [0.5, 0.6) is 11.5 Å². The van der Waals surface area contributed by atoms with E-state index in [-0.39, 0.29) is 17.9 Å². The number of hydrogen-bond donors (Lipinski definition) is 4. The quantitative estimate of drug-likeness (QED) is 0.423. The van der Waals surface area contributed by atoms with Crippen LogP contribution in [0.3, 0.4) is 0 Å². The minimum atomic E-state index is -2.09. The fraction of sp³-hybridized carbons (Fsp3) is 0.478. The normalized spacial score (nSPS) is 26.2. The number of aliphatic hydroxyl groups is 2. The number of phenols is 2. The molecule has 0 fully saturated rings. The summed E-state index contributed by atoms with van der Waals surface area (Å²) in [4.78, 5) is 0. The van der Waals surface area contributed by atoms with Gasteiger partial charge >= 0.3 is 0 Å². The zero-order chi connectivity index (χ0) is 20.2. The van der Waals surface area contributed by atoms with E-state index in [9.17, 15) is 20.4 Å². The lowest BCUT2D eigenvalue weighted by Crippen LogP contribution is -2.59. The van der Waals surface area contributed by atoms with Crippen molar-refractivity contribution in [1.29, 1.82) is 0 Å². The van der Waals surface area contributed by atoms with E-state index in [2.05, 4.69) is 13.8 Å². The van der Waals surface area contributed by atoms with Crippen molar-refractivity contribution in [1.82, 2.24) is 0 Å². The van der Waals surface area contributed by atoms with E-state index in [1.165, 1.54) is 0 Å². The molecule has 144 valence electrons. The number of phenolic OH excluding ortho intramolecular Hbond substituents is 2. The first-order valence-corrected chi connectivity index (χ1v) is 9.43. The van der Waals surface area contributed by atoms with E-state index in [4.69, 9.17) is 0 Å². The summed E-state index contributed by atoms with van der Waals surface area (Å²) in [7, 11) is 0. The predicted octanol–water partition coefficient (Wildman–Crippen LogP) is 3.56. The number of hydrogen-bond acceptors (Lipinski definition) is 4. The van der Waals surface area contributed by atoms with Gasteiger partial charge < -0.3 is 20.4 Å². The molecule has 0 saturated heterocycles. The first-order chi connectivity index (χ1) is 12.3. The molecule has 4 nitrogen and oxygen atoms in total. The molecule has 0 heterocycles. The summed E-state index contributed by atoms with van der Waals surface area (Å²) in [6.45, 7) is 11.9. The number of aromatic hydroxyl groups is 2. The molecule has 0 bridgehead atoms. The summed E-state index contributed by atoms with van der Waals surface area (Å²) in [5.41, 5.74) is 2.14. The van der Waals surface area contributed by atoms with E-state index in [0.29, 0.717) is 11.1 Å². The lowest BCUT2D eigenvalue weighted by atomic mass is 9.53. The van der Waals surface area contributed by atoms with E-state index >= 15 is 0 Å². The number of fused-ring (bicyclic) bond motifs is 4. The average molecular weight is 368 g/mol. The molecule has 4 N–H and O–H groups in total. The van der Waals surface area contributed by atoms with E-state index in [1.54, 1.807) is 6.92 Å². The van der Waals surface area contributed by atoms with Gasteiger partial charge in [0, 0.05) is 12.0 Å². The van der Waals surface area contributed by atoms with Gasteiger partial charge in [0.05, 0.1) is 5.41 Å². The Morgan fingerprint density at radius 3 is 2.04 bits per heavy atom. The third kappa shape index (κ3) is 1.68. The molecule has 2 aromatic rings. The van der Waals surface area contributed by atoms with Gasteiger partial charge in [0.25, 0.3) is 0 Å². The lowest BCUT2D eigenvalue weighted by Gasteiger charge is -2.51. The van der Waals surface area contributed by atoms with Crippen molar-refractivity contribution in [2.24, 2.45) is 5.41 Å². The highest BCUT2D eigenvalue weighted by Gasteiger charge is 2.74. The van der Waals surface area contributed by atoms with Crippen molar-refractivity contribution in [3.8, 4) is 11.5 Å². The van der Waals surface area contributed by atoms with Crippen LogP contribution in [0.2, 0.25) is 0 Å². The molecule has 0 aromatic heterocycles. The van der Waals surface area contributed by atoms with Crippen molar-refractivity contribution in [3.05, 3.63) is 57.6 Å². The van der Waals surface area contributed by atoms with Crippen LogP contribution in [0.4, 0.5) is 0 Å². The zero-order valence-electron chi connectivity index (χ0n) is 16.8. The second kappa shape index (κ2) is 4.86. The Kier molecular flexibility index (Phi) is 3.30. The van der Waals surface area contributed by atoms with Crippen molar-refractivity contribution in [2.45, 2.75) is 64.6 Å². The highest BCUT2D eigenvalue weighted by atomic mass is 16.5. The zero-order valence-corrected chi connectivity index (χ0v) is 16.8. The van der Waals surface area contributed by atoms with Gasteiger partial charge in [0.1, 0.15) is 0 Å². The Balaban J connectivity index is 2.30. The topological polar surface area (TPSA) is 80.9 Å². The Hall–Kier alpha value is -2.04. The number of rotatable bonds is 0. The lowest BCUT2D eigenvalue weighted by molar-refractivity contribution is -0.220. The Morgan fingerprint density at radius 2 is 1.41 bits per heavy atom. The number of benzene rings is 2. The second-order valence-electron chi connectivity index (χ2n) is 9.35. The van der Waals surface area contributed by atoms with Crippen LogP contribution in [0, 0.1) is 19.3 Å². The van der Waals surface area contributed by atoms with Gasteiger partial charge in [-0.05, 0) is 52.5 Å². The molecule has 0 radical (unpaired) electrons. The van der Waals surface area contributed by atoms with Crippen LogP contribution >= 0.6 is 0 Å². The molecule has 1 spiro atoms. The molecule has 4 heteroatoms. The molecule has 2 aliphatic carbocycles. The van der Waals surface area contributed by atoms with Gasteiger partial charge in [-0.1, -0.05) is 52.0 Å². The maximum Gasteiger partial charge on any atom is 0.181 e. The largest absolute Gasteiger partial charge is 0.504 e. The fourth-order valence-corrected chi connectivity index (χ4v) is 6.03. The summed E-state index contributed by atoms with van der Waals surface area (Å²) < 4.78 is 0.